The number of carbonyl (C=O) groups excluding carboxylic acids is 1. The number of nitrogens with one attached hydrogen (secondary N) is 1. The number of carbonyl (C=O) groups is 1. The SMILES string of the molecule is CC(C)C(C(=O)NC1CCC2CN(CCc3ccccc3)CC21)c1ccccc1. The lowest BCUT2D eigenvalue weighted by Crippen LogP contribution is -2.43. The molecule has 1 saturated heterocycles. The Labute approximate surface area is 175 Å². The van der Waals surface area contributed by atoms with Gasteiger partial charge in [-0.3, -0.25) is 4.79 Å². The van der Waals surface area contributed by atoms with Crippen LogP contribution in [0.4, 0.5) is 0 Å². The molecule has 1 N–H and O–H groups in total. The van der Waals surface area contributed by atoms with Crippen molar-refractivity contribution in [2.45, 2.75) is 45.1 Å². The molecular weight excluding hydrogens is 356 g/mol. The molecular formula is C26H34N2O. The van der Waals surface area contributed by atoms with Crippen molar-refractivity contribution in [2.75, 3.05) is 19.6 Å². The van der Waals surface area contributed by atoms with E-state index in [1.807, 2.05) is 18.2 Å². The molecule has 2 aromatic carbocycles. The second kappa shape index (κ2) is 9.13. The Bertz CT molecular complexity index is 789. The van der Waals surface area contributed by atoms with Gasteiger partial charge in [-0.2, -0.15) is 0 Å². The zero-order valence-electron chi connectivity index (χ0n) is 17.8. The molecule has 0 radical (unpaired) electrons. The van der Waals surface area contributed by atoms with Crippen molar-refractivity contribution in [1.29, 1.82) is 0 Å². The maximum atomic E-state index is 13.2. The summed E-state index contributed by atoms with van der Waals surface area (Å²) >= 11 is 0. The second-order valence-electron chi connectivity index (χ2n) is 9.24. The van der Waals surface area contributed by atoms with E-state index in [1.165, 1.54) is 18.5 Å². The molecule has 2 aromatic rings. The Kier molecular flexibility index (Phi) is 6.34. The third-order valence-corrected chi connectivity index (χ3v) is 6.93. The minimum atomic E-state index is -0.0640. The number of fused-ring (bicyclic) bond motifs is 1. The van der Waals surface area contributed by atoms with E-state index in [9.17, 15) is 4.79 Å². The third-order valence-electron chi connectivity index (χ3n) is 6.93. The molecule has 1 aliphatic carbocycles. The van der Waals surface area contributed by atoms with Gasteiger partial charge in [0.1, 0.15) is 0 Å². The molecule has 3 heteroatoms. The lowest BCUT2D eigenvalue weighted by Gasteiger charge is -2.26. The summed E-state index contributed by atoms with van der Waals surface area (Å²) in [6, 6.07) is 21.3. The minimum absolute atomic E-state index is 0.0640. The standard InChI is InChI=1S/C26H34N2O/c1-19(2)25(21-11-7-4-8-12-21)26(29)27-24-14-13-22-17-28(18-23(22)24)16-15-20-9-5-3-6-10-20/h3-12,19,22-25H,13-18H2,1-2H3,(H,27,29). The maximum absolute atomic E-state index is 13.2. The van der Waals surface area contributed by atoms with E-state index in [0.717, 1.165) is 37.4 Å². The first-order valence-corrected chi connectivity index (χ1v) is 11.2. The van der Waals surface area contributed by atoms with Crippen LogP contribution in [0.3, 0.4) is 0 Å². The van der Waals surface area contributed by atoms with Crippen molar-refractivity contribution < 1.29 is 4.79 Å². The molecule has 0 spiro atoms. The Morgan fingerprint density at radius 3 is 2.38 bits per heavy atom. The first-order chi connectivity index (χ1) is 14.1. The number of rotatable bonds is 7. The van der Waals surface area contributed by atoms with E-state index >= 15 is 0 Å². The molecule has 4 unspecified atom stereocenters. The van der Waals surface area contributed by atoms with E-state index in [2.05, 4.69) is 66.5 Å². The summed E-state index contributed by atoms with van der Waals surface area (Å²) in [4.78, 5) is 15.8. The fourth-order valence-electron chi connectivity index (χ4n) is 5.42. The van der Waals surface area contributed by atoms with Crippen molar-refractivity contribution >= 4 is 5.91 Å². The molecule has 29 heavy (non-hydrogen) atoms. The third kappa shape index (κ3) is 4.72. The van der Waals surface area contributed by atoms with E-state index in [1.54, 1.807) is 0 Å². The number of likely N-dealkylation sites (tertiary alicyclic amines) is 1. The molecule has 1 heterocycles. The molecule has 1 aliphatic heterocycles. The van der Waals surface area contributed by atoms with Gasteiger partial charge in [0.15, 0.2) is 0 Å². The van der Waals surface area contributed by atoms with E-state index in [4.69, 9.17) is 0 Å². The van der Waals surface area contributed by atoms with Crippen LogP contribution in [-0.4, -0.2) is 36.5 Å². The molecule has 4 rings (SSSR count). The van der Waals surface area contributed by atoms with Crippen LogP contribution < -0.4 is 5.32 Å². The van der Waals surface area contributed by atoms with Crippen LogP contribution in [0.25, 0.3) is 0 Å². The zero-order valence-corrected chi connectivity index (χ0v) is 17.8. The zero-order chi connectivity index (χ0) is 20.2. The van der Waals surface area contributed by atoms with Crippen LogP contribution in [0.5, 0.6) is 0 Å². The monoisotopic (exact) mass is 390 g/mol. The van der Waals surface area contributed by atoms with Crippen LogP contribution in [0.15, 0.2) is 60.7 Å². The molecule has 2 aliphatic rings. The minimum Gasteiger partial charge on any atom is -0.352 e. The molecule has 154 valence electrons. The summed E-state index contributed by atoms with van der Waals surface area (Å²) in [6.07, 6.45) is 3.49. The molecule has 0 bridgehead atoms. The highest BCUT2D eigenvalue weighted by atomic mass is 16.2. The number of hydrogen-bond donors (Lipinski definition) is 1. The average Bonchev–Trinajstić information content (AvgIpc) is 3.29. The highest BCUT2D eigenvalue weighted by molar-refractivity contribution is 5.84. The smallest absolute Gasteiger partial charge is 0.228 e. The molecule has 2 fully saturated rings. The van der Waals surface area contributed by atoms with Gasteiger partial charge in [0.05, 0.1) is 5.92 Å². The number of hydrogen-bond acceptors (Lipinski definition) is 2. The summed E-state index contributed by atoms with van der Waals surface area (Å²) in [5.74, 6) is 1.79. The lowest BCUT2D eigenvalue weighted by molar-refractivity contribution is -0.124. The fourth-order valence-corrected chi connectivity index (χ4v) is 5.42. The normalized spacial score (nSPS) is 25.1. The van der Waals surface area contributed by atoms with Gasteiger partial charge in [-0.05, 0) is 48.1 Å². The number of benzene rings is 2. The maximum Gasteiger partial charge on any atom is 0.228 e. The number of amides is 1. The van der Waals surface area contributed by atoms with Crippen LogP contribution in [0, 0.1) is 17.8 Å². The van der Waals surface area contributed by atoms with E-state index in [0.29, 0.717) is 17.9 Å². The van der Waals surface area contributed by atoms with Gasteiger partial charge in [-0.1, -0.05) is 74.5 Å². The van der Waals surface area contributed by atoms with Crippen LogP contribution >= 0.6 is 0 Å². The summed E-state index contributed by atoms with van der Waals surface area (Å²) in [7, 11) is 0. The van der Waals surface area contributed by atoms with Crippen LogP contribution in [0.2, 0.25) is 0 Å². The van der Waals surface area contributed by atoms with E-state index < -0.39 is 0 Å². The first-order valence-electron chi connectivity index (χ1n) is 11.2. The average molecular weight is 391 g/mol. The first kappa shape index (κ1) is 20.2. The summed E-state index contributed by atoms with van der Waals surface area (Å²) in [5, 5.41) is 3.46. The van der Waals surface area contributed by atoms with Gasteiger partial charge >= 0.3 is 0 Å². The predicted octanol–water partition coefficient (Wildman–Crippen LogP) is 4.50. The molecule has 4 atom stereocenters. The summed E-state index contributed by atoms with van der Waals surface area (Å²) in [6.45, 7) is 7.73. The Morgan fingerprint density at radius 1 is 1.00 bits per heavy atom. The predicted molar refractivity (Wildman–Crippen MR) is 119 cm³/mol. The summed E-state index contributed by atoms with van der Waals surface area (Å²) < 4.78 is 0. The van der Waals surface area contributed by atoms with Gasteiger partial charge in [0.2, 0.25) is 5.91 Å². The lowest BCUT2D eigenvalue weighted by atomic mass is 9.87. The van der Waals surface area contributed by atoms with Crippen LogP contribution in [-0.2, 0) is 11.2 Å². The van der Waals surface area contributed by atoms with Gasteiger partial charge in [0, 0.05) is 25.7 Å². The van der Waals surface area contributed by atoms with Crippen molar-refractivity contribution in [3.8, 4) is 0 Å². The Morgan fingerprint density at radius 2 is 1.69 bits per heavy atom. The van der Waals surface area contributed by atoms with Crippen molar-refractivity contribution in [2.24, 2.45) is 17.8 Å². The van der Waals surface area contributed by atoms with Gasteiger partial charge < -0.3 is 10.2 Å². The van der Waals surface area contributed by atoms with E-state index in [-0.39, 0.29) is 11.8 Å². The molecule has 1 saturated carbocycles. The highest BCUT2D eigenvalue weighted by Gasteiger charge is 2.43. The Balaban J connectivity index is 1.34. The van der Waals surface area contributed by atoms with Crippen molar-refractivity contribution in [1.82, 2.24) is 10.2 Å². The van der Waals surface area contributed by atoms with Gasteiger partial charge in [-0.15, -0.1) is 0 Å². The molecule has 1 amide bonds. The molecule has 3 nitrogen and oxygen atoms in total. The fraction of sp³-hybridized carbons (Fsp3) is 0.500. The van der Waals surface area contributed by atoms with Crippen molar-refractivity contribution in [3.05, 3.63) is 71.8 Å². The second-order valence-corrected chi connectivity index (χ2v) is 9.24. The van der Waals surface area contributed by atoms with Gasteiger partial charge in [0.25, 0.3) is 0 Å². The molecule has 0 aromatic heterocycles. The largest absolute Gasteiger partial charge is 0.352 e. The van der Waals surface area contributed by atoms with Crippen LogP contribution in [0.1, 0.15) is 43.7 Å². The Hall–Kier alpha value is -2.13. The highest BCUT2D eigenvalue weighted by Crippen LogP contribution is 2.38. The quantitative estimate of drug-likeness (QED) is 0.755. The summed E-state index contributed by atoms with van der Waals surface area (Å²) in [5.41, 5.74) is 2.54. The topological polar surface area (TPSA) is 32.3 Å². The van der Waals surface area contributed by atoms with Crippen molar-refractivity contribution in [3.63, 3.8) is 0 Å². The van der Waals surface area contributed by atoms with Gasteiger partial charge in [-0.25, -0.2) is 0 Å². The number of nitrogens with zero attached hydrogens (tertiary/aromatic N) is 1.